The molecule has 1 aromatic carbocycles. The van der Waals surface area contributed by atoms with Gasteiger partial charge in [-0.3, -0.25) is 4.79 Å². The van der Waals surface area contributed by atoms with Gasteiger partial charge in [0.15, 0.2) is 17.2 Å². The van der Waals surface area contributed by atoms with Crippen LogP contribution < -0.4 is 14.8 Å². The van der Waals surface area contributed by atoms with Crippen LogP contribution in [0, 0.1) is 0 Å². The third-order valence-electron chi connectivity index (χ3n) is 4.16. The molecule has 0 spiro atoms. The Morgan fingerprint density at radius 3 is 2.64 bits per heavy atom. The average molecular weight is 344 g/mol. The van der Waals surface area contributed by atoms with Crippen LogP contribution in [0.15, 0.2) is 28.8 Å². The number of benzene rings is 1. The van der Waals surface area contributed by atoms with Crippen molar-refractivity contribution in [1.29, 1.82) is 0 Å². The lowest BCUT2D eigenvalue weighted by Crippen LogP contribution is -2.26. The van der Waals surface area contributed by atoms with Gasteiger partial charge in [0.2, 0.25) is 0 Å². The summed E-state index contributed by atoms with van der Waals surface area (Å²) in [6.07, 6.45) is 2.22. The molecular weight excluding hydrogens is 320 g/mol. The van der Waals surface area contributed by atoms with E-state index in [2.05, 4.69) is 10.5 Å². The van der Waals surface area contributed by atoms with Gasteiger partial charge in [-0.2, -0.15) is 0 Å². The summed E-state index contributed by atoms with van der Waals surface area (Å²) in [6, 6.07) is 7.25. The Bertz CT molecular complexity index is 737. The first-order valence-electron chi connectivity index (χ1n) is 8.79. The molecule has 1 atom stereocenters. The van der Waals surface area contributed by atoms with Gasteiger partial charge in [0.25, 0.3) is 5.91 Å². The lowest BCUT2D eigenvalue weighted by atomic mass is 10.1. The van der Waals surface area contributed by atoms with Gasteiger partial charge in [0.1, 0.15) is 5.76 Å². The second kappa shape index (κ2) is 7.59. The van der Waals surface area contributed by atoms with E-state index in [0.717, 1.165) is 24.2 Å². The van der Waals surface area contributed by atoms with Crippen LogP contribution in [0.5, 0.6) is 11.5 Å². The van der Waals surface area contributed by atoms with E-state index in [4.69, 9.17) is 14.0 Å². The topological polar surface area (TPSA) is 73.6 Å². The fraction of sp³-hybridized carbons (Fsp3) is 0.474. The number of carbonyl (C=O) groups is 1. The third-order valence-corrected chi connectivity index (χ3v) is 4.16. The van der Waals surface area contributed by atoms with Crippen molar-refractivity contribution < 1.29 is 18.8 Å². The van der Waals surface area contributed by atoms with Crippen LogP contribution in [-0.4, -0.2) is 24.3 Å². The van der Waals surface area contributed by atoms with Crippen LogP contribution in [0.25, 0.3) is 0 Å². The Kier molecular flexibility index (Phi) is 5.26. The smallest absolute Gasteiger partial charge is 0.273 e. The molecule has 6 heteroatoms. The van der Waals surface area contributed by atoms with Crippen molar-refractivity contribution in [1.82, 2.24) is 10.5 Å². The van der Waals surface area contributed by atoms with E-state index in [9.17, 15) is 4.79 Å². The van der Waals surface area contributed by atoms with Crippen LogP contribution >= 0.6 is 0 Å². The second-order valence-corrected chi connectivity index (χ2v) is 6.16. The summed E-state index contributed by atoms with van der Waals surface area (Å²) in [5.74, 6) is 2.39. The van der Waals surface area contributed by atoms with E-state index in [0.29, 0.717) is 36.3 Å². The molecule has 6 nitrogen and oxygen atoms in total. The minimum Gasteiger partial charge on any atom is -0.490 e. The number of nitrogens with zero attached hydrogens (tertiary/aromatic N) is 1. The Hall–Kier alpha value is -2.50. The highest BCUT2D eigenvalue weighted by Crippen LogP contribution is 2.40. The van der Waals surface area contributed by atoms with Gasteiger partial charge in [0, 0.05) is 12.0 Å². The molecule has 1 aliphatic rings. The molecule has 0 aliphatic heterocycles. The number of hydrogen-bond acceptors (Lipinski definition) is 5. The first kappa shape index (κ1) is 17.3. The van der Waals surface area contributed by atoms with Crippen molar-refractivity contribution in [3.8, 4) is 11.5 Å². The molecule has 1 saturated carbocycles. The molecule has 0 saturated heterocycles. The number of amides is 1. The fourth-order valence-electron chi connectivity index (χ4n) is 2.65. The van der Waals surface area contributed by atoms with Crippen molar-refractivity contribution in [2.45, 2.75) is 45.6 Å². The SMILES string of the molecule is CCOc1ccc(C(C)NC(=O)c2cc(C3CC3)on2)cc1OCC. The zero-order chi connectivity index (χ0) is 17.8. The van der Waals surface area contributed by atoms with Gasteiger partial charge in [-0.05, 0) is 51.3 Å². The molecule has 1 N–H and O–H groups in total. The van der Waals surface area contributed by atoms with Gasteiger partial charge < -0.3 is 19.3 Å². The van der Waals surface area contributed by atoms with Crippen molar-refractivity contribution in [3.05, 3.63) is 41.3 Å². The summed E-state index contributed by atoms with van der Waals surface area (Å²) in [6.45, 7) is 6.90. The van der Waals surface area contributed by atoms with E-state index in [1.807, 2.05) is 39.0 Å². The molecular formula is C19H24N2O4. The van der Waals surface area contributed by atoms with Crippen LogP contribution in [0.3, 0.4) is 0 Å². The maximum Gasteiger partial charge on any atom is 0.273 e. The maximum atomic E-state index is 12.4. The highest BCUT2D eigenvalue weighted by Gasteiger charge is 2.29. The number of nitrogens with one attached hydrogen (secondary N) is 1. The highest BCUT2D eigenvalue weighted by molar-refractivity contribution is 5.92. The predicted octanol–water partition coefficient (Wildman–Crippen LogP) is 3.84. The Morgan fingerprint density at radius 1 is 1.24 bits per heavy atom. The molecule has 25 heavy (non-hydrogen) atoms. The first-order chi connectivity index (χ1) is 12.1. The van der Waals surface area contributed by atoms with Crippen LogP contribution in [0.1, 0.15) is 67.4 Å². The van der Waals surface area contributed by atoms with Crippen LogP contribution in [-0.2, 0) is 0 Å². The van der Waals surface area contributed by atoms with Gasteiger partial charge >= 0.3 is 0 Å². The molecule has 0 radical (unpaired) electrons. The summed E-state index contributed by atoms with van der Waals surface area (Å²) in [5.41, 5.74) is 1.26. The minimum absolute atomic E-state index is 0.191. The molecule has 3 rings (SSSR count). The van der Waals surface area contributed by atoms with E-state index in [1.54, 1.807) is 6.07 Å². The molecule has 1 aliphatic carbocycles. The molecule has 1 amide bonds. The van der Waals surface area contributed by atoms with E-state index in [-0.39, 0.29) is 11.9 Å². The zero-order valence-corrected chi connectivity index (χ0v) is 14.9. The monoisotopic (exact) mass is 344 g/mol. The maximum absolute atomic E-state index is 12.4. The molecule has 1 aromatic heterocycles. The highest BCUT2D eigenvalue weighted by atomic mass is 16.5. The van der Waals surface area contributed by atoms with Crippen LogP contribution in [0.2, 0.25) is 0 Å². The number of rotatable bonds is 8. The van der Waals surface area contributed by atoms with Gasteiger partial charge in [-0.1, -0.05) is 11.2 Å². The summed E-state index contributed by atoms with van der Waals surface area (Å²) in [4.78, 5) is 12.4. The fourth-order valence-corrected chi connectivity index (χ4v) is 2.65. The van der Waals surface area contributed by atoms with Crippen LogP contribution in [0.4, 0.5) is 0 Å². The van der Waals surface area contributed by atoms with Crippen molar-refractivity contribution >= 4 is 5.91 Å². The number of ether oxygens (including phenoxy) is 2. The summed E-state index contributed by atoms with van der Waals surface area (Å²) in [7, 11) is 0. The lowest BCUT2D eigenvalue weighted by Gasteiger charge is -2.17. The molecule has 0 bridgehead atoms. The van der Waals surface area contributed by atoms with Crippen molar-refractivity contribution in [2.24, 2.45) is 0 Å². The number of aromatic nitrogens is 1. The second-order valence-electron chi connectivity index (χ2n) is 6.16. The Labute approximate surface area is 147 Å². The van der Waals surface area contributed by atoms with E-state index >= 15 is 0 Å². The summed E-state index contributed by atoms with van der Waals surface area (Å²) < 4.78 is 16.5. The molecule has 1 fully saturated rings. The largest absolute Gasteiger partial charge is 0.490 e. The lowest BCUT2D eigenvalue weighted by molar-refractivity contribution is 0.0930. The molecule has 1 unspecified atom stereocenters. The quantitative estimate of drug-likeness (QED) is 0.787. The summed E-state index contributed by atoms with van der Waals surface area (Å²) in [5, 5.41) is 6.83. The van der Waals surface area contributed by atoms with Crippen molar-refractivity contribution in [2.75, 3.05) is 13.2 Å². The van der Waals surface area contributed by atoms with Gasteiger partial charge in [-0.25, -0.2) is 0 Å². The Morgan fingerprint density at radius 2 is 1.96 bits per heavy atom. The number of carbonyl (C=O) groups excluding carboxylic acids is 1. The normalized spacial score (nSPS) is 14.8. The van der Waals surface area contributed by atoms with Gasteiger partial charge in [-0.15, -0.1) is 0 Å². The minimum atomic E-state index is -0.241. The van der Waals surface area contributed by atoms with E-state index < -0.39 is 0 Å². The Balaban J connectivity index is 1.69. The number of hydrogen-bond donors (Lipinski definition) is 1. The van der Waals surface area contributed by atoms with Crippen molar-refractivity contribution in [3.63, 3.8) is 0 Å². The standard InChI is InChI=1S/C19H24N2O4/c1-4-23-16-9-8-14(10-18(16)24-5-2)12(3)20-19(22)15-11-17(25-21-15)13-6-7-13/h8-13H,4-7H2,1-3H3,(H,20,22). The van der Waals surface area contributed by atoms with Gasteiger partial charge in [0.05, 0.1) is 19.3 Å². The molecule has 1 heterocycles. The summed E-state index contributed by atoms with van der Waals surface area (Å²) >= 11 is 0. The molecule has 134 valence electrons. The first-order valence-corrected chi connectivity index (χ1v) is 8.79. The third kappa shape index (κ3) is 4.13. The molecule has 2 aromatic rings. The predicted molar refractivity (Wildman–Crippen MR) is 93.1 cm³/mol. The zero-order valence-electron chi connectivity index (χ0n) is 14.9. The van der Waals surface area contributed by atoms with E-state index in [1.165, 1.54) is 0 Å². The average Bonchev–Trinajstić information content (AvgIpc) is 3.33.